The molecule has 15 N–H and O–H groups in total. The summed E-state index contributed by atoms with van der Waals surface area (Å²) in [4.78, 5) is 37.3. The maximum absolute atomic E-state index is 14.8. The first kappa shape index (κ1) is 34.5. The summed E-state index contributed by atoms with van der Waals surface area (Å²) in [5, 5.41) is 136. The van der Waals surface area contributed by atoms with Gasteiger partial charge in [-0.1, -0.05) is 12.1 Å². The number of rotatable bonds is 6. The van der Waals surface area contributed by atoms with Crippen LogP contribution in [-0.4, -0.2) is 135 Å². The molecule has 2 aromatic carbocycles. The molecule has 3 heterocycles. The number of piperidine rings is 1. The van der Waals surface area contributed by atoms with Crippen LogP contribution in [-0.2, 0) is 34.0 Å². The van der Waals surface area contributed by atoms with Gasteiger partial charge in [-0.3, -0.25) is 29.3 Å². The molecule has 1 atom stereocenters. The number of amides is 3. The van der Waals surface area contributed by atoms with Crippen LogP contribution in [0.4, 0.5) is 10.1 Å². The van der Waals surface area contributed by atoms with Crippen molar-refractivity contribution in [3.05, 3.63) is 64.5 Å². The summed E-state index contributed by atoms with van der Waals surface area (Å²) in [6.45, 7) is -2.43. The van der Waals surface area contributed by atoms with E-state index >= 15 is 0 Å². The molecule has 0 aromatic heterocycles. The smallest absolute Gasteiger partial charge is 0.356 e. The Hall–Kier alpha value is -3.82. The van der Waals surface area contributed by atoms with E-state index in [2.05, 4.69) is 10.1 Å². The molecule has 3 aliphatic rings. The molecule has 0 aliphatic carbocycles. The number of nitrogens with zero attached hydrogens (tertiary/aromatic N) is 2. The summed E-state index contributed by atoms with van der Waals surface area (Å²) < 4.78 is 18.6. The molecular weight excluding hydrogens is 647 g/mol. The van der Waals surface area contributed by atoms with Crippen LogP contribution in [0.1, 0.15) is 27.0 Å². The maximum Gasteiger partial charge on any atom is 0.356 e. The Morgan fingerprint density at radius 3 is 2.02 bits per heavy atom. The van der Waals surface area contributed by atoms with Gasteiger partial charge in [-0.15, -0.1) is 0 Å². The largest absolute Gasteiger partial charge is 0.381 e. The normalized spacial score (nSPS) is 26.9. The summed E-state index contributed by atoms with van der Waals surface area (Å²) in [5.74, 6) is -31.2. The summed E-state index contributed by atoms with van der Waals surface area (Å²) in [5.41, 5.74) is -4.60. The first-order valence-corrected chi connectivity index (χ1v) is 13.0. The topological polar surface area (TPSA) is 354 Å². The third kappa shape index (κ3) is 4.71. The predicted molar refractivity (Wildman–Crippen MR) is 138 cm³/mol. The number of morpholine rings is 1. The van der Waals surface area contributed by atoms with Gasteiger partial charge in [0, 0.05) is 35.5 Å². The Kier molecular flexibility index (Phi) is 7.59. The number of carbonyl (C=O) groups excluding carboxylic acids is 3. The first-order chi connectivity index (χ1) is 21.3. The number of ether oxygens (including phenoxy) is 1. The minimum absolute atomic E-state index is 0.0122. The van der Waals surface area contributed by atoms with Crippen molar-refractivity contribution in [3.8, 4) is 0 Å². The van der Waals surface area contributed by atoms with E-state index in [1.165, 1.54) is 23.5 Å². The zero-order chi connectivity index (χ0) is 35.3. The number of nitrogens with one attached hydrogen (secondary N) is 2. The zero-order valence-electron chi connectivity index (χ0n) is 23.3. The lowest BCUT2D eigenvalue weighted by molar-refractivity contribution is -0.659. The lowest BCUT2D eigenvalue weighted by Crippen LogP contribution is -2.85. The fraction of sp³-hybridized carbons (Fsp3) is 0.400. The van der Waals surface area contributed by atoms with Crippen molar-refractivity contribution in [2.75, 3.05) is 5.32 Å². The van der Waals surface area contributed by atoms with E-state index in [0.717, 1.165) is 18.2 Å². The molecule has 22 heteroatoms. The fourth-order valence-electron chi connectivity index (χ4n) is 5.27. The van der Waals surface area contributed by atoms with Gasteiger partial charge >= 0.3 is 29.6 Å². The quantitative estimate of drug-likeness (QED) is 0.0999. The molecule has 1 unspecified atom stereocenters. The van der Waals surface area contributed by atoms with Gasteiger partial charge in [-0.2, -0.15) is 4.90 Å². The highest BCUT2D eigenvalue weighted by molar-refractivity contribution is 6.10. The van der Waals surface area contributed by atoms with Crippen LogP contribution in [0.5, 0.6) is 0 Å². The van der Waals surface area contributed by atoms with E-state index in [-0.39, 0.29) is 32.8 Å². The Bertz CT molecular complexity index is 1650. The molecule has 0 spiro atoms. The fourth-order valence-corrected chi connectivity index (χ4v) is 5.27. The Balaban J connectivity index is 1.41. The van der Waals surface area contributed by atoms with Gasteiger partial charge in [0.1, 0.15) is 5.82 Å². The first-order valence-electron chi connectivity index (χ1n) is 13.0. The molecule has 0 saturated carbocycles. The lowest BCUT2D eigenvalue weighted by atomic mass is 9.86. The van der Waals surface area contributed by atoms with Crippen molar-refractivity contribution in [2.24, 2.45) is 0 Å². The van der Waals surface area contributed by atoms with Gasteiger partial charge in [-0.25, -0.2) is 4.39 Å². The van der Waals surface area contributed by atoms with Crippen molar-refractivity contribution in [1.29, 1.82) is 0 Å². The SMILES string of the molecule is O=C1c2cccc(NCc3cc(CN4C(O)(O)C(O)(O)OC(O)(O)C4(O)O)ccc3F)c2CN1C1(O)C(=O)NC(=O)C(O)(O)C1(O)O. The van der Waals surface area contributed by atoms with Gasteiger partial charge in [-0.05, 0) is 29.8 Å². The molecule has 2 fully saturated rings. The highest BCUT2D eigenvalue weighted by Crippen LogP contribution is 2.43. The van der Waals surface area contributed by atoms with Gasteiger partial charge in [0.25, 0.3) is 29.2 Å². The Labute approximate surface area is 259 Å². The molecule has 256 valence electrons. The number of aliphatic hydroxyl groups is 13. The number of hydrogen-bond donors (Lipinski definition) is 15. The maximum atomic E-state index is 14.8. The minimum atomic E-state index is -4.34. The van der Waals surface area contributed by atoms with E-state index in [1.807, 2.05) is 0 Å². The van der Waals surface area contributed by atoms with Crippen LogP contribution in [0.25, 0.3) is 0 Å². The van der Waals surface area contributed by atoms with Gasteiger partial charge < -0.3 is 71.7 Å². The second-order valence-electron chi connectivity index (χ2n) is 11.0. The van der Waals surface area contributed by atoms with E-state index in [0.29, 0.717) is 0 Å². The molecule has 47 heavy (non-hydrogen) atoms. The molecule has 5 rings (SSSR count). The van der Waals surface area contributed by atoms with Crippen LogP contribution >= 0.6 is 0 Å². The lowest BCUT2D eigenvalue weighted by Gasteiger charge is -2.55. The molecule has 2 saturated heterocycles. The third-order valence-electron chi connectivity index (χ3n) is 8.02. The Morgan fingerprint density at radius 2 is 1.43 bits per heavy atom. The molecule has 3 aliphatic heterocycles. The highest BCUT2D eigenvalue weighted by Gasteiger charge is 2.77. The van der Waals surface area contributed by atoms with Crippen molar-refractivity contribution in [3.63, 3.8) is 0 Å². The monoisotopic (exact) mass is 674 g/mol. The van der Waals surface area contributed by atoms with Crippen LogP contribution in [0.15, 0.2) is 36.4 Å². The number of imide groups is 1. The number of halogens is 1. The third-order valence-corrected chi connectivity index (χ3v) is 8.02. The zero-order valence-corrected chi connectivity index (χ0v) is 23.3. The number of benzene rings is 2. The van der Waals surface area contributed by atoms with Crippen molar-refractivity contribution >= 4 is 23.4 Å². The van der Waals surface area contributed by atoms with Gasteiger partial charge in [0.2, 0.25) is 0 Å². The molecule has 3 amide bonds. The number of anilines is 1. The standard InChI is InChI=1S/C25H27FN4O17/c26-14-5-4-10(8-30-22(39,40)24(43,44)47-25(45,46)23(30,41)42)6-11(14)7-27-15-3-1-2-12-13(15)9-29(16(12)31)19(34)17(32)28-18(33)20(35,36)21(19,37)38/h1-6,27,34-46H,7-9H2,(H,28,32,33). The van der Waals surface area contributed by atoms with Gasteiger partial charge in [0.15, 0.2) is 0 Å². The molecule has 0 radical (unpaired) electrons. The van der Waals surface area contributed by atoms with Crippen LogP contribution < -0.4 is 10.6 Å². The van der Waals surface area contributed by atoms with E-state index < -0.39 is 89.1 Å². The number of carbonyl (C=O) groups is 3. The van der Waals surface area contributed by atoms with Gasteiger partial charge in [0.05, 0.1) is 6.54 Å². The molecule has 0 bridgehead atoms. The van der Waals surface area contributed by atoms with E-state index in [1.54, 1.807) is 0 Å². The number of fused-ring (bicyclic) bond motifs is 1. The highest BCUT2D eigenvalue weighted by atomic mass is 19.1. The summed E-state index contributed by atoms with van der Waals surface area (Å²) in [6.07, 6.45) is 0. The van der Waals surface area contributed by atoms with Crippen LogP contribution in [0.2, 0.25) is 0 Å². The van der Waals surface area contributed by atoms with E-state index in [9.17, 15) is 85.2 Å². The summed E-state index contributed by atoms with van der Waals surface area (Å²) in [6, 6.07) is 6.55. The summed E-state index contributed by atoms with van der Waals surface area (Å²) >= 11 is 0. The number of hydrogen-bond acceptors (Lipinski definition) is 19. The molecule has 21 nitrogen and oxygen atoms in total. The van der Waals surface area contributed by atoms with Crippen molar-refractivity contribution in [1.82, 2.24) is 15.1 Å². The average molecular weight is 675 g/mol. The predicted octanol–water partition coefficient (Wildman–Crippen LogP) is -7.51. The van der Waals surface area contributed by atoms with Crippen LogP contribution in [0, 0.1) is 5.82 Å². The van der Waals surface area contributed by atoms with E-state index in [4.69, 9.17) is 0 Å². The average Bonchev–Trinajstić information content (AvgIpc) is 3.30. The second kappa shape index (κ2) is 10.3. The van der Waals surface area contributed by atoms with Crippen LogP contribution in [0.3, 0.4) is 0 Å². The Morgan fingerprint density at radius 1 is 0.830 bits per heavy atom. The molecule has 2 aromatic rings. The second-order valence-corrected chi connectivity index (χ2v) is 11.0. The summed E-state index contributed by atoms with van der Waals surface area (Å²) in [7, 11) is 0. The van der Waals surface area contributed by atoms with Crippen molar-refractivity contribution < 1.29 is 89.9 Å². The van der Waals surface area contributed by atoms with Crippen molar-refractivity contribution in [2.45, 2.75) is 60.7 Å². The minimum Gasteiger partial charge on any atom is -0.381 e. The molecular formula is C25H27FN4O17.